The molecule has 0 bridgehead atoms. The highest BCUT2D eigenvalue weighted by molar-refractivity contribution is 6.34. The third kappa shape index (κ3) is 2.43. The summed E-state index contributed by atoms with van der Waals surface area (Å²) in [6.45, 7) is 0. The molecule has 1 saturated heterocycles. The van der Waals surface area contributed by atoms with Gasteiger partial charge in [-0.2, -0.15) is 0 Å². The highest BCUT2D eigenvalue weighted by Gasteiger charge is 2.56. The fraction of sp³-hybridized carbons (Fsp3) is 0.167. The van der Waals surface area contributed by atoms with E-state index in [0.29, 0.717) is 16.3 Å². The van der Waals surface area contributed by atoms with E-state index < -0.39 is 29.7 Å². The molecule has 2 aliphatic heterocycles. The van der Waals surface area contributed by atoms with E-state index >= 15 is 0 Å². The number of rotatable bonds is 3. The number of carbonyl (C=O) groups excluding carboxylic acids is 2. The molecule has 6 nitrogen and oxygen atoms in total. The van der Waals surface area contributed by atoms with Gasteiger partial charge in [-0.25, -0.2) is 9.29 Å². The Kier molecular flexibility index (Phi) is 3.88. The van der Waals surface area contributed by atoms with Crippen LogP contribution in [0, 0.1) is 11.7 Å². The van der Waals surface area contributed by atoms with Crippen LogP contribution in [0.1, 0.15) is 5.56 Å². The molecular weight excluding hydrogens is 363 g/mol. The highest BCUT2D eigenvalue weighted by Crippen LogP contribution is 2.39. The van der Waals surface area contributed by atoms with Gasteiger partial charge in [-0.05, 0) is 30.3 Å². The zero-order chi connectivity index (χ0) is 18.4. The number of fused-ring (bicyclic) bond motifs is 1. The Bertz CT molecular complexity index is 945. The normalized spacial score (nSPS) is 21.5. The van der Waals surface area contributed by atoms with Gasteiger partial charge in [0.05, 0.1) is 12.8 Å². The molecule has 132 valence electrons. The van der Waals surface area contributed by atoms with E-state index in [9.17, 15) is 14.0 Å². The Morgan fingerprint density at radius 3 is 2.58 bits per heavy atom. The largest absolute Gasteiger partial charge is 0.495 e. The van der Waals surface area contributed by atoms with Gasteiger partial charge in [0.15, 0.2) is 0 Å². The molecule has 0 saturated carbocycles. The van der Waals surface area contributed by atoms with Crippen molar-refractivity contribution in [2.24, 2.45) is 11.1 Å². The predicted molar refractivity (Wildman–Crippen MR) is 91.8 cm³/mol. The number of hydrogen-bond donors (Lipinski definition) is 0. The summed E-state index contributed by atoms with van der Waals surface area (Å²) < 4.78 is 18.4. The van der Waals surface area contributed by atoms with E-state index in [-0.39, 0.29) is 11.4 Å². The van der Waals surface area contributed by atoms with Crippen LogP contribution in [0.3, 0.4) is 0 Å². The number of ether oxygens (including phenoxy) is 1. The molecule has 2 heterocycles. The van der Waals surface area contributed by atoms with Gasteiger partial charge in [-0.15, -0.1) is 0 Å². The van der Waals surface area contributed by atoms with Crippen LogP contribution in [0.15, 0.2) is 47.6 Å². The summed E-state index contributed by atoms with van der Waals surface area (Å²) in [7, 11) is 1.43. The molecular formula is C18H12ClFN2O4. The van der Waals surface area contributed by atoms with Gasteiger partial charge in [0.1, 0.15) is 23.2 Å². The third-order valence-corrected chi connectivity index (χ3v) is 4.57. The molecule has 2 atom stereocenters. The van der Waals surface area contributed by atoms with Crippen molar-refractivity contribution in [3.05, 3.63) is 58.9 Å². The fourth-order valence-corrected chi connectivity index (χ4v) is 3.28. The monoisotopic (exact) mass is 374 g/mol. The van der Waals surface area contributed by atoms with Crippen molar-refractivity contribution in [1.82, 2.24) is 0 Å². The van der Waals surface area contributed by atoms with Gasteiger partial charge in [0.25, 0.3) is 5.91 Å². The number of hydrogen-bond acceptors (Lipinski definition) is 5. The van der Waals surface area contributed by atoms with Crippen LogP contribution in [0.2, 0.25) is 5.02 Å². The number of oxime groups is 1. The highest BCUT2D eigenvalue weighted by atomic mass is 35.5. The van der Waals surface area contributed by atoms with Gasteiger partial charge in [0, 0.05) is 10.6 Å². The summed E-state index contributed by atoms with van der Waals surface area (Å²) >= 11 is 6.01. The number of anilines is 1. The first-order valence-corrected chi connectivity index (χ1v) is 8.10. The number of methoxy groups -OCH3 is 1. The summed E-state index contributed by atoms with van der Waals surface area (Å²) in [4.78, 5) is 32.0. The number of imide groups is 1. The second-order valence-corrected chi connectivity index (χ2v) is 6.25. The quantitative estimate of drug-likeness (QED) is 0.775. The molecule has 2 aromatic rings. The van der Waals surface area contributed by atoms with E-state index in [1.54, 1.807) is 12.1 Å². The minimum absolute atomic E-state index is 0.242. The maximum Gasteiger partial charge on any atom is 0.279 e. The molecule has 8 heteroatoms. The van der Waals surface area contributed by atoms with E-state index in [2.05, 4.69) is 5.16 Å². The van der Waals surface area contributed by atoms with Crippen LogP contribution >= 0.6 is 11.6 Å². The van der Waals surface area contributed by atoms with E-state index in [1.165, 1.54) is 37.4 Å². The first kappa shape index (κ1) is 16.5. The Morgan fingerprint density at radius 1 is 1.15 bits per heavy atom. The lowest BCUT2D eigenvalue weighted by molar-refractivity contribution is -0.126. The van der Waals surface area contributed by atoms with Crippen LogP contribution in [-0.4, -0.2) is 30.7 Å². The summed E-state index contributed by atoms with van der Waals surface area (Å²) in [6.07, 6.45) is -1.06. The van der Waals surface area contributed by atoms with Gasteiger partial charge in [0.2, 0.25) is 12.0 Å². The van der Waals surface area contributed by atoms with Crippen molar-refractivity contribution < 1.29 is 23.6 Å². The molecule has 26 heavy (non-hydrogen) atoms. The van der Waals surface area contributed by atoms with Crippen molar-refractivity contribution in [3.63, 3.8) is 0 Å². The standard InChI is InChI=1S/C18H12ClFN2O4/c1-25-13-7-4-10(19)8-12(13)22-17(23)14-15(21-26-16(14)18(22)24)9-2-5-11(20)6-3-9/h2-8,14,16H,1H3/t14-,16-/m0/s1. The molecule has 0 spiro atoms. The zero-order valence-electron chi connectivity index (χ0n) is 13.5. The number of halogens is 2. The SMILES string of the molecule is COc1ccc(Cl)cc1N1C(=O)[C@H]2C(c3ccc(F)cc3)=NO[C@@H]2C1=O. The average molecular weight is 375 g/mol. The number of benzene rings is 2. The third-order valence-electron chi connectivity index (χ3n) is 4.33. The second-order valence-electron chi connectivity index (χ2n) is 5.82. The molecule has 4 rings (SSSR count). The molecule has 1 fully saturated rings. The molecule has 2 aromatic carbocycles. The number of carbonyl (C=O) groups is 2. The lowest BCUT2D eigenvalue weighted by Gasteiger charge is -2.18. The summed E-state index contributed by atoms with van der Waals surface area (Å²) in [5, 5.41) is 4.23. The van der Waals surface area contributed by atoms with Crippen LogP contribution in [0.4, 0.5) is 10.1 Å². The van der Waals surface area contributed by atoms with Crippen molar-refractivity contribution in [1.29, 1.82) is 0 Å². The van der Waals surface area contributed by atoms with Crippen LogP contribution in [0.5, 0.6) is 5.75 Å². The summed E-state index contributed by atoms with van der Waals surface area (Å²) in [5.41, 5.74) is 1.04. The molecule has 0 aromatic heterocycles. The molecule has 0 radical (unpaired) electrons. The molecule has 0 aliphatic carbocycles. The second kappa shape index (κ2) is 6.10. The van der Waals surface area contributed by atoms with Gasteiger partial charge in [-0.1, -0.05) is 28.9 Å². The van der Waals surface area contributed by atoms with Crippen LogP contribution in [-0.2, 0) is 14.4 Å². The fourth-order valence-electron chi connectivity index (χ4n) is 3.11. The average Bonchev–Trinajstić information content (AvgIpc) is 3.16. The Morgan fingerprint density at radius 2 is 1.88 bits per heavy atom. The van der Waals surface area contributed by atoms with Crippen molar-refractivity contribution in [2.75, 3.05) is 12.0 Å². The topological polar surface area (TPSA) is 68.2 Å². The lowest BCUT2D eigenvalue weighted by Crippen LogP contribution is -2.33. The minimum Gasteiger partial charge on any atom is -0.495 e. The van der Waals surface area contributed by atoms with Crippen molar-refractivity contribution >= 4 is 34.8 Å². The first-order valence-electron chi connectivity index (χ1n) is 7.72. The van der Waals surface area contributed by atoms with Gasteiger partial charge < -0.3 is 9.57 Å². The predicted octanol–water partition coefficient (Wildman–Crippen LogP) is 2.78. The Balaban J connectivity index is 1.74. The number of nitrogens with zero attached hydrogens (tertiary/aromatic N) is 2. The lowest BCUT2D eigenvalue weighted by atomic mass is 9.94. The Hall–Kier alpha value is -2.93. The molecule has 0 N–H and O–H groups in total. The first-order chi connectivity index (χ1) is 12.5. The number of amides is 2. The van der Waals surface area contributed by atoms with Crippen LogP contribution in [0.25, 0.3) is 0 Å². The minimum atomic E-state index is -1.06. The van der Waals surface area contributed by atoms with E-state index in [4.69, 9.17) is 21.2 Å². The maximum atomic E-state index is 13.2. The van der Waals surface area contributed by atoms with Crippen molar-refractivity contribution in [2.45, 2.75) is 6.10 Å². The summed E-state index contributed by atoms with van der Waals surface area (Å²) in [6, 6.07) is 10.1. The molecule has 2 amide bonds. The zero-order valence-corrected chi connectivity index (χ0v) is 14.2. The van der Waals surface area contributed by atoms with E-state index in [1.807, 2.05) is 0 Å². The van der Waals surface area contributed by atoms with Crippen molar-refractivity contribution in [3.8, 4) is 5.75 Å². The molecule has 0 unspecified atom stereocenters. The maximum absolute atomic E-state index is 13.2. The summed E-state index contributed by atoms with van der Waals surface area (Å²) in [5.74, 6) is -2.04. The molecule has 2 aliphatic rings. The van der Waals surface area contributed by atoms with Gasteiger partial charge in [-0.3, -0.25) is 9.59 Å². The van der Waals surface area contributed by atoms with Gasteiger partial charge >= 0.3 is 0 Å². The smallest absolute Gasteiger partial charge is 0.279 e. The Labute approximate surface area is 152 Å². The van der Waals surface area contributed by atoms with E-state index in [0.717, 1.165) is 4.90 Å². The van der Waals surface area contributed by atoms with Crippen LogP contribution < -0.4 is 9.64 Å².